The minimum Gasteiger partial charge on any atom is -0.504 e. The molecule has 2 heterocycles. The smallest absolute Gasteiger partial charge is 0.180 e. The molecular weight excluding hydrogens is 328 g/mol. The number of aryl methyl sites for hydroxylation is 1. The number of rotatable bonds is 7. The molecule has 0 fully saturated rings. The number of benzene rings is 1. The highest BCUT2D eigenvalue weighted by Gasteiger charge is 2.10. The van der Waals surface area contributed by atoms with Crippen LogP contribution in [0.5, 0.6) is 11.5 Å². The molecule has 0 saturated carbocycles. The predicted octanol–water partition coefficient (Wildman–Crippen LogP) is 2.81. The van der Waals surface area contributed by atoms with Gasteiger partial charge in [0.1, 0.15) is 18.7 Å². The first-order chi connectivity index (χ1) is 12.5. The molecule has 0 spiro atoms. The molecule has 6 nitrogen and oxygen atoms in total. The summed E-state index contributed by atoms with van der Waals surface area (Å²) in [7, 11) is 4.05. The highest BCUT2D eigenvalue weighted by molar-refractivity contribution is 5.45. The Morgan fingerprint density at radius 2 is 2.08 bits per heavy atom. The van der Waals surface area contributed by atoms with Crippen molar-refractivity contribution in [1.29, 1.82) is 0 Å². The van der Waals surface area contributed by atoms with E-state index in [0.29, 0.717) is 18.8 Å². The molecule has 0 radical (unpaired) electrons. The zero-order valence-electron chi connectivity index (χ0n) is 15.4. The van der Waals surface area contributed by atoms with Crippen LogP contribution in [0.3, 0.4) is 0 Å². The van der Waals surface area contributed by atoms with Gasteiger partial charge < -0.3 is 14.7 Å². The van der Waals surface area contributed by atoms with E-state index in [0.717, 1.165) is 23.4 Å². The average Bonchev–Trinajstić information content (AvgIpc) is 3.11. The van der Waals surface area contributed by atoms with Gasteiger partial charge in [0.05, 0.1) is 0 Å². The molecule has 0 aliphatic rings. The van der Waals surface area contributed by atoms with Crippen LogP contribution in [-0.4, -0.2) is 51.8 Å². The molecule has 0 unspecified atom stereocenters. The van der Waals surface area contributed by atoms with Gasteiger partial charge in [0.15, 0.2) is 11.6 Å². The van der Waals surface area contributed by atoms with Gasteiger partial charge in [0.2, 0.25) is 0 Å². The first-order valence-electron chi connectivity index (χ1n) is 8.56. The van der Waals surface area contributed by atoms with Crippen molar-refractivity contribution < 1.29 is 9.84 Å². The van der Waals surface area contributed by atoms with Gasteiger partial charge in [-0.05, 0) is 44.3 Å². The Morgan fingerprint density at radius 1 is 1.23 bits per heavy atom. The van der Waals surface area contributed by atoms with E-state index in [1.807, 2.05) is 26.2 Å². The summed E-state index contributed by atoms with van der Waals surface area (Å²) in [6.45, 7) is 3.55. The van der Waals surface area contributed by atoms with E-state index in [-0.39, 0.29) is 5.75 Å². The number of hydrogen-bond donors (Lipinski definition) is 1. The molecule has 2 aromatic heterocycles. The molecule has 3 rings (SSSR count). The number of imidazole rings is 1. The molecule has 0 amide bonds. The zero-order chi connectivity index (χ0) is 18.5. The second kappa shape index (κ2) is 8.01. The Hall–Kier alpha value is -2.86. The Labute approximate surface area is 153 Å². The highest BCUT2D eigenvalue weighted by atomic mass is 16.5. The molecular formula is C20H24N4O2. The van der Waals surface area contributed by atoms with Gasteiger partial charge in [-0.3, -0.25) is 4.57 Å². The van der Waals surface area contributed by atoms with Crippen LogP contribution in [0.1, 0.15) is 16.7 Å². The predicted molar refractivity (Wildman–Crippen MR) is 101 cm³/mol. The molecule has 136 valence electrons. The van der Waals surface area contributed by atoms with E-state index >= 15 is 0 Å². The SMILES string of the molecule is Cc1ccc(OCCN(C)C)c(Cc2cnc(-n3ccnc3)c(O)c2)c1. The topological polar surface area (TPSA) is 63.4 Å². The Kier molecular flexibility index (Phi) is 5.53. The van der Waals surface area contributed by atoms with Crippen LogP contribution in [-0.2, 0) is 6.42 Å². The fourth-order valence-corrected chi connectivity index (χ4v) is 2.71. The third-order valence-corrected chi connectivity index (χ3v) is 4.06. The van der Waals surface area contributed by atoms with Crippen molar-refractivity contribution in [2.45, 2.75) is 13.3 Å². The summed E-state index contributed by atoms with van der Waals surface area (Å²) in [5.74, 6) is 1.47. The summed E-state index contributed by atoms with van der Waals surface area (Å²) in [4.78, 5) is 10.5. The summed E-state index contributed by atoms with van der Waals surface area (Å²) in [6.07, 6.45) is 7.43. The molecule has 0 aliphatic carbocycles. The van der Waals surface area contributed by atoms with E-state index in [1.165, 1.54) is 5.56 Å². The zero-order valence-corrected chi connectivity index (χ0v) is 15.4. The van der Waals surface area contributed by atoms with E-state index in [9.17, 15) is 5.11 Å². The lowest BCUT2D eigenvalue weighted by atomic mass is 10.0. The fraction of sp³-hybridized carbons (Fsp3) is 0.300. The third-order valence-electron chi connectivity index (χ3n) is 4.06. The van der Waals surface area contributed by atoms with Crippen molar-refractivity contribution in [2.24, 2.45) is 0 Å². The molecule has 0 aliphatic heterocycles. The van der Waals surface area contributed by atoms with Gasteiger partial charge in [-0.1, -0.05) is 17.7 Å². The highest BCUT2D eigenvalue weighted by Crippen LogP contribution is 2.26. The second-order valence-electron chi connectivity index (χ2n) is 6.60. The van der Waals surface area contributed by atoms with Gasteiger partial charge in [0, 0.05) is 31.6 Å². The molecule has 6 heteroatoms. The summed E-state index contributed by atoms with van der Waals surface area (Å²) < 4.78 is 7.63. The number of aromatic nitrogens is 3. The maximum absolute atomic E-state index is 10.3. The largest absolute Gasteiger partial charge is 0.504 e. The van der Waals surface area contributed by atoms with E-state index in [4.69, 9.17) is 4.74 Å². The lowest BCUT2D eigenvalue weighted by molar-refractivity contribution is 0.259. The van der Waals surface area contributed by atoms with Crippen LogP contribution in [0.15, 0.2) is 49.2 Å². The number of pyridine rings is 1. The summed E-state index contributed by atoms with van der Waals surface area (Å²) >= 11 is 0. The first kappa shape index (κ1) is 17.9. The number of hydrogen-bond acceptors (Lipinski definition) is 5. The van der Waals surface area contributed by atoms with Gasteiger partial charge in [-0.2, -0.15) is 0 Å². The summed E-state index contributed by atoms with van der Waals surface area (Å²) in [5.41, 5.74) is 3.18. The summed E-state index contributed by atoms with van der Waals surface area (Å²) in [5, 5.41) is 10.3. The Balaban J connectivity index is 1.79. The Morgan fingerprint density at radius 3 is 2.77 bits per heavy atom. The molecule has 26 heavy (non-hydrogen) atoms. The van der Waals surface area contributed by atoms with Crippen LogP contribution in [0.2, 0.25) is 0 Å². The first-order valence-corrected chi connectivity index (χ1v) is 8.56. The average molecular weight is 352 g/mol. The van der Waals surface area contributed by atoms with Crippen LogP contribution in [0.25, 0.3) is 5.82 Å². The van der Waals surface area contributed by atoms with Gasteiger partial charge >= 0.3 is 0 Å². The molecule has 1 aromatic carbocycles. The number of aromatic hydroxyl groups is 1. The number of nitrogens with zero attached hydrogens (tertiary/aromatic N) is 4. The van der Waals surface area contributed by atoms with Crippen LogP contribution in [0, 0.1) is 6.92 Å². The van der Waals surface area contributed by atoms with Crippen molar-refractivity contribution in [3.8, 4) is 17.3 Å². The van der Waals surface area contributed by atoms with E-state index in [2.05, 4.69) is 27.9 Å². The lowest BCUT2D eigenvalue weighted by Crippen LogP contribution is -2.19. The minimum atomic E-state index is 0.128. The van der Waals surface area contributed by atoms with Crippen molar-refractivity contribution in [2.75, 3.05) is 27.2 Å². The monoisotopic (exact) mass is 352 g/mol. The van der Waals surface area contributed by atoms with Gasteiger partial charge in [0.25, 0.3) is 0 Å². The molecule has 0 atom stereocenters. The minimum absolute atomic E-state index is 0.128. The van der Waals surface area contributed by atoms with E-state index < -0.39 is 0 Å². The van der Waals surface area contributed by atoms with Gasteiger partial charge in [-0.25, -0.2) is 9.97 Å². The van der Waals surface area contributed by atoms with Crippen molar-refractivity contribution in [3.05, 3.63) is 65.9 Å². The van der Waals surface area contributed by atoms with Crippen molar-refractivity contribution in [3.63, 3.8) is 0 Å². The summed E-state index contributed by atoms with van der Waals surface area (Å²) in [6, 6.07) is 7.92. The molecule has 0 bridgehead atoms. The molecule has 3 aromatic rings. The van der Waals surface area contributed by atoms with Gasteiger partial charge in [-0.15, -0.1) is 0 Å². The molecule has 1 N–H and O–H groups in total. The van der Waals surface area contributed by atoms with Crippen LogP contribution < -0.4 is 4.74 Å². The van der Waals surface area contributed by atoms with Crippen molar-refractivity contribution >= 4 is 0 Å². The number of ether oxygens (including phenoxy) is 1. The van der Waals surface area contributed by atoms with Crippen LogP contribution in [0.4, 0.5) is 0 Å². The maximum atomic E-state index is 10.3. The standard InChI is InChI=1S/C20H24N4O2/c1-15-4-5-19(26-9-8-23(2)3)17(10-15)11-16-12-18(25)20(22-13-16)24-7-6-21-14-24/h4-7,10,12-14,25H,8-9,11H2,1-3H3. The quantitative estimate of drug-likeness (QED) is 0.708. The van der Waals surface area contributed by atoms with Crippen molar-refractivity contribution in [1.82, 2.24) is 19.4 Å². The second-order valence-corrected chi connectivity index (χ2v) is 6.60. The fourth-order valence-electron chi connectivity index (χ4n) is 2.71. The normalized spacial score (nSPS) is 11.1. The maximum Gasteiger partial charge on any atom is 0.180 e. The van der Waals surface area contributed by atoms with Crippen LogP contribution >= 0.6 is 0 Å². The number of likely N-dealkylation sites (N-methyl/N-ethyl adjacent to an activating group) is 1. The lowest BCUT2D eigenvalue weighted by Gasteiger charge is -2.15. The third kappa shape index (κ3) is 4.40. The Bertz CT molecular complexity index is 860. The molecule has 0 saturated heterocycles. The van der Waals surface area contributed by atoms with E-state index in [1.54, 1.807) is 35.6 Å².